The fraction of sp³-hybridized carbons (Fsp3) is 0.706. The highest BCUT2D eigenvalue weighted by Crippen LogP contribution is 2.23. The third kappa shape index (κ3) is 4.31. The number of carbonyl (C=O) groups is 1. The molecule has 0 aromatic carbocycles. The van der Waals surface area contributed by atoms with Gasteiger partial charge < -0.3 is 19.7 Å². The Hall–Kier alpha value is -2.09. The number of aromatic nitrogens is 2. The van der Waals surface area contributed by atoms with Crippen molar-refractivity contribution in [1.29, 1.82) is 0 Å². The number of H-pyrrole nitrogens is 1. The molecular formula is C17H26N4O4. The molecule has 0 spiro atoms. The number of nitrogens with one attached hydrogen (secondary N) is 2. The van der Waals surface area contributed by atoms with E-state index in [0.29, 0.717) is 38.5 Å². The van der Waals surface area contributed by atoms with Gasteiger partial charge in [-0.25, -0.2) is 9.89 Å². The second kappa shape index (κ2) is 7.03. The van der Waals surface area contributed by atoms with E-state index in [1.54, 1.807) is 4.90 Å². The molecule has 2 aliphatic rings. The van der Waals surface area contributed by atoms with Crippen molar-refractivity contribution in [3.63, 3.8) is 0 Å². The number of nitrogens with zero attached hydrogens (tertiary/aromatic N) is 2. The van der Waals surface area contributed by atoms with E-state index in [0.717, 1.165) is 24.0 Å². The first-order valence-electron chi connectivity index (χ1n) is 8.76. The summed E-state index contributed by atoms with van der Waals surface area (Å²) in [5, 5.41) is 10.1. The number of aromatic amines is 1. The molecule has 2 N–H and O–H groups in total. The summed E-state index contributed by atoms with van der Waals surface area (Å²) in [5.74, 6) is 0.644. The van der Waals surface area contributed by atoms with E-state index in [1.807, 2.05) is 20.8 Å². The molecule has 0 radical (unpaired) electrons. The Morgan fingerprint density at radius 2 is 2.20 bits per heavy atom. The molecule has 1 aromatic rings. The van der Waals surface area contributed by atoms with Crippen molar-refractivity contribution in [3.05, 3.63) is 21.5 Å². The highest BCUT2D eigenvalue weighted by molar-refractivity contribution is 5.68. The third-order valence-corrected chi connectivity index (χ3v) is 4.35. The monoisotopic (exact) mass is 350 g/mol. The number of rotatable bonds is 2. The first-order valence-corrected chi connectivity index (χ1v) is 8.76. The van der Waals surface area contributed by atoms with Gasteiger partial charge in [0.1, 0.15) is 5.60 Å². The molecule has 1 aromatic heterocycles. The molecule has 1 amide bonds. The number of piperidine rings is 1. The number of carbonyl (C=O) groups excluding carboxylic acids is 1. The summed E-state index contributed by atoms with van der Waals surface area (Å²) < 4.78 is 10.9. The standard InChI is InChI=1S/C17H26N4O4/c1-17(2,3)25-16(23)21-7-4-5-11(9-21)18-14-13-10-24-8-6-12(13)15(22)20-19-14/h11H,4-10H2,1-3H3,(H,18,19)(H,20,22)/t11-/m1/s1. The van der Waals surface area contributed by atoms with Crippen LogP contribution in [0.2, 0.25) is 0 Å². The van der Waals surface area contributed by atoms with Gasteiger partial charge in [-0.3, -0.25) is 4.79 Å². The maximum absolute atomic E-state index is 12.3. The van der Waals surface area contributed by atoms with Gasteiger partial charge in [0.25, 0.3) is 5.56 Å². The summed E-state index contributed by atoms with van der Waals surface area (Å²) >= 11 is 0. The van der Waals surface area contributed by atoms with Gasteiger partial charge in [-0.2, -0.15) is 5.10 Å². The van der Waals surface area contributed by atoms with E-state index in [4.69, 9.17) is 9.47 Å². The zero-order chi connectivity index (χ0) is 18.0. The number of anilines is 1. The van der Waals surface area contributed by atoms with Crippen LogP contribution in [0.5, 0.6) is 0 Å². The highest BCUT2D eigenvalue weighted by atomic mass is 16.6. The van der Waals surface area contributed by atoms with Crippen LogP contribution in [0.1, 0.15) is 44.7 Å². The van der Waals surface area contributed by atoms with Crippen LogP contribution < -0.4 is 10.9 Å². The van der Waals surface area contributed by atoms with Crippen molar-refractivity contribution in [2.75, 3.05) is 25.0 Å². The minimum atomic E-state index is -0.506. The molecule has 8 heteroatoms. The van der Waals surface area contributed by atoms with Crippen molar-refractivity contribution < 1.29 is 14.3 Å². The molecule has 1 saturated heterocycles. The average Bonchev–Trinajstić information content (AvgIpc) is 2.56. The first kappa shape index (κ1) is 17.7. The van der Waals surface area contributed by atoms with E-state index >= 15 is 0 Å². The van der Waals surface area contributed by atoms with Gasteiger partial charge in [-0.05, 0) is 33.6 Å². The summed E-state index contributed by atoms with van der Waals surface area (Å²) in [5.41, 5.74) is 0.907. The normalized spacial score (nSPS) is 20.8. The molecule has 0 unspecified atom stereocenters. The van der Waals surface area contributed by atoms with Crippen molar-refractivity contribution in [2.24, 2.45) is 0 Å². The predicted molar refractivity (Wildman–Crippen MR) is 92.7 cm³/mol. The van der Waals surface area contributed by atoms with Crippen LogP contribution in [0.15, 0.2) is 4.79 Å². The molecule has 3 rings (SSSR count). The lowest BCUT2D eigenvalue weighted by molar-refractivity contribution is 0.0206. The largest absolute Gasteiger partial charge is 0.444 e. The lowest BCUT2D eigenvalue weighted by Gasteiger charge is -2.35. The molecule has 25 heavy (non-hydrogen) atoms. The van der Waals surface area contributed by atoms with Crippen molar-refractivity contribution in [2.45, 2.75) is 58.3 Å². The molecule has 0 saturated carbocycles. The second-order valence-electron chi connectivity index (χ2n) is 7.57. The Kier molecular flexibility index (Phi) is 4.99. The number of fused-ring (bicyclic) bond motifs is 1. The molecule has 3 heterocycles. The fourth-order valence-corrected chi connectivity index (χ4v) is 3.19. The zero-order valence-corrected chi connectivity index (χ0v) is 15.1. The van der Waals surface area contributed by atoms with Crippen LogP contribution in [0.25, 0.3) is 0 Å². The average molecular weight is 350 g/mol. The fourth-order valence-electron chi connectivity index (χ4n) is 3.19. The first-order chi connectivity index (χ1) is 11.8. The summed E-state index contributed by atoms with van der Waals surface area (Å²) in [7, 11) is 0. The predicted octanol–water partition coefficient (Wildman–Crippen LogP) is 1.65. The SMILES string of the molecule is CC(C)(C)OC(=O)N1CCC[C@@H](Nc2n[nH]c(=O)c3c2COCC3)C1. The maximum atomic E-state index is 12.3. The Balaban J connectivity index is 1.69. The van der Waals surface area contributed by atoms with E-state index in [2.05, 4.69) is 15.5 Å². The smallest absolute Gasteiger partial charge is 0.410 e. The lowest BCUT2D eigenvalue weighted by Crippen LogP contribution is -2.47. The van der Waals surface area contributed by atoms with Gasteiger partial charge in [0, 0.05) is 36.7 Å². The van der Waals surface area contributed by atoms with Crippen LogP contribution in [-0.2, 0) is 22.5 Å². The molecule has 0 aliphatic carbocycles. The number of ether oxygens (including phenoxy) is 2. The van der Waals surface area contributed by atoms with Crippen molar-refractivity contribution >= 4 is 11.9 Å². The molecule has 1 fully saturated rings. The van der Waals surface area contributed by atoms with Crippen molar-refractivity contribution in [1.82, 2.24) is 15.1 Å². The quantitative estimate of drug-likeness (QED) is 0.842. The van der Waals surface area contributed by atoms with Crippen LogP contribution >= 0.6 is 0 Å². The van der Waals surface area contributed by atoms with Crippen LogP contribution in [-0.4, -0.2) is 52.5 Å². The van der Waals surface area contributed by atoms with Gasteiger partial charge in [-0.15, -0.1) is 0 Å². The van der Waals surface area contributed by atoms with Gasteiger partial charge in [0.2, 0.25) is 0 Å². The minimum Gasteiger partial charge on any atom is -0.444 e. The summed E-state index contributed by atoms with van der Waals surface area (Å²) in [6.45, 7) is 7.76. The maximum Gasteiger partial charge on any atom is 0.410 e. The van der Waals surface area contributed by atoms with E-state index < -0.39 is 5.60 Å². The number of amides is 1. The molecule has 0 bridgehead atoms. The van der Waals surface area contributed by atoms with Crippen LogP contribution in [0.4, 0.5) is 10.6 Å². The van der Waals surface area contributed by atoms with Gasteiger partial charge >= 0.3 is 6.09 Å². The Labute approximate surface area is 146 Å². The Bertz CT molecular complexity index is 695. The summed E-state index contributed by atoms with van der Waals surface area (Å²) in [6.07, 6.45) is 2.12. The third-order valence-electron chi connectivity index (χ3n) is 4.35. The molecule has 8 nitrogen and oxygen atoms in total. The summed E-state index contributed by atoms with van der Waals surface area (Å²) in [4.78, 5) is 25.9. The molecule has 138 valence electrons. The molecule has 2 aliphatic heterocycles. The summed E-state index contributed by atoms with van der Waals surface area (Å²) in [6, 6.07) is 0.0608. The van der Waals surface area contributed by atoms with Crippen molar-refractivity contribution in [3.8, 4) is 0 Å². The van der Waals surface area contributed by atoms with E-state index in [1.165, 1.54) is 0 Å². The van der Waals surface area contributed by atoms with Crippen LogP contribution in [0, 0.1) is 0 Å². The Morgan fingerprint density at radius 3 is 2.96 bits per heavy atom. The zero-order valence-electron chi connectivity index (χ0n) is 15.1. The van der Waals surface area contributed by atoms with Crippen LogP contribution in [0.3, 0.4) is 0 Å². The molecular weight excluding hydrogens is 324 g/mol. The van der Waals surface area contributed by atoms with Gasteiger partial charge in [-0.1, -0.05) is 0 Å². The van der Waals surface area contributed by atoms with E-state index in [9.17, 15) is 9.59 Å². The number of likely N-dealkylation sites (tertiary alicyclic amines) is 1. The number of hydrogen-bond acceptors (Lipinski definition) is 6. The van der Waals surface area contributed by atoms with Gasteiger partial charge in [0.15, 0.2) is 5.82 Å². The lowest BCUT2D eigenvalue weighted by atomic mass is 10.0. The second-order valence-corrected chi connectivity index (χ2v) is 7.57. The van der Waals surface area contributed by atoms with E-state index in [-0.39, 0.29) is 17.7 Å². The highest BCUT2D eigenvalue weighted by Gasteiger charge is 2.29. The topological polar surface area (TPSA) is 96.5 Å². The number of hydrogen-bond donors (Lipinski definition) is 2. The Morgan fingerprint density at radius 1 is 1.40 bits per heavy atom. The minimum absolute atomic E-state index is 0.0608. The van der Waals surface area contributed by atoms with Gasteiger partial charge in [0.05, 0.1) is 13.2 Å². The molecule has 1 atom stereocenters.